The van der Waals surface area contributed by atoms with Gasteiger partial charge < -0.3 is 66.3 Å². The van der Waals surface area contributed by atoms with Gasteiger partial charge in [-0.1, -0.05) is 54.1 Å². The summed E-state index contributed by atoms with van der Waals surface area (Å²) >= 11 is 0. The summed E-state index contributed by atoms with van der Waals surface area (Å²) < 4.78 is 44.9. The molecule has 2 aliphatic heterocycles. The summed E-state index contributed by atoms with van der Waals surface area (Å²) in [6, 6.07) is 64.7. The molecule has 12 rings (SSSR count). The number of Topliss-reactive ketones (excluding diaryl/α,β-unsaturated/α-hetero) is 1. The molecular formula is C80H71ClFK2N13O22. The van der Waals surface area contributed by atoms with Crippen LogP contribution in [-0.4, -0.2) is 92.6 Å². The summed E-state index contributed by atoms with van der Waals surface area (Å²) in [5.41, 5.74) is 10.4. The molecule has 0 radical (unpaired) electrons. The molecule has 39 heteroatoms. The predicted molar refractivity (Wildman–Crippen MR) is 426 cm³/mol. The Labute approximate surface area is 772 Å². The van der Waals surface area contributed by atoms with Crippen LogP contribution in [0.3, 0.4) is 0 Å². The number of nitrogens with one attached hydrogen (secondary N) is 2. The summed E-state index contributed by atoms with van der Waals surface area (Å²) in [6.07, 6.45) is -0.493. The SMILES string of the molecule is CC(=O)Nc1cccc(O)c1.Cc1ccc(Oc2cccc([N+](=O)[O-])c2)cc1.Cl.N#CCNc1ccc(Oc2cccc([N+](=O)[O-])c2)cc1.Nc1ccc(Oc2cccc([N+](=O)[O-])c2)cc1.O=CO[O-].O=[N+]([O-])c1cccc(F)c1.[C-]#[N+]C1C(=O)COC1C.[C-]#[N+]CN(C1=C([N+]#[C-])C(C)OC1)c1ccc(Oc2cccc([N+](=O)[O-])c2)cc1.[H-].[K+].[K+]. The van der Waals surface area contributed by atoms with E-state index >= 15 is 0 Å². The van der Waals surface area contributed by atoms with E-state index in [-0.39, 0.29) is 208 Å². The zero-order valence-electron chi connectivity index (χ0n) is 65.1. The van der Waals surface area contributed by atoms with Crippen LogP contribution in [0.2, 0.25) is 0 Å². The molecule has 35 nitrogen and oxygen atoms in total. The summed E-state index contributed by atoms with van der Waals surface area (Å²) in [5.74, 6) is 3.28. The van der Waals surface area contributed by atoms with Gasteiger partial charge in [0, 0.05) is 66.1 Å². The molecule has 604 valence electrons. The Morgan fingerprint density at radius 2 is 1.00 bits per heavy atom. The summed E-state index contributed by atoms with van der Waals surface area (Å²) in [5, 5.41) is 84.0. The molecule has 2 heterocycles. The van der Waals surface area contributed by atoms with Crippen molar-refractivity contribution in [2.75, 3.05) is 47.7 Å². The van der Waals surface area contributed by atoms with Crippen molar-refractivity contribution >= 4 is 81.8 Å². The van der Waals surface area contributed by atoms with Crippen LogP contribution in [0.4, 0.5) is 55.6 Å². The molecule has 10 aromatic carbocycles. The second-order valence-corrected chi connectivity index (χ2v) is 23.2. The molecule has 0 bridgehead atoms. The van der Waals surface area contributed by atoms with Crippen LogP contribution in [0.5, 0.6) is 51.7 Å². The number of carbonyl (C=O) groups excluding carboxylic acids is 3. The first-order valence-corrected chi connectivity index (χ1v) is 33.5. The second-order valence-electron chi connectivity index (χ2n) is 23.2. The number of phenolic OH excluding ortho intramolecular Hbond substituents is 1. The quantitative estimate of drug-likeness (QED) is 0.00804. The minimum Gasteiger partial charge on any atom is -1.00 e. The number of nitrogens with zero attached hydrogens (tertiary/aromatic N) is 10. The van der Waals surface area contributed by atoms with Gasteiger partial charge in [-0.25, -0.2) is 22.4 Å². The maximum Gasteiger partial charge on any atom is 1.00 e. The van der Waals surface area contributed by atoms with Crippen LogP contribution in [0.1, 0.15) is 27.8 Å². The zero-order chi connectivity index (χ0) is 85.1. The van der Waals surface area contributed by atoms with Gasteiger partial charge in [-0.3, -0.25) is 74.7 Å². The van der Waals surface area contributed by atoms with E-state index in [9.17, 15) is 64.6 Å². The number of nitriles is 1. The Balaban J connectivity index is 0.000000711. The fraction of sp³-hybridized carbons (Fsp3) is 0.138. The third kappa shape index (κ3) is 37.4. The average Bonchev–Trinajstić information content (AvgIpc) is 1.58. The second kappa shape index (κ2) is 55.0. The van der Waals surface area contributed by atoms with Crippen molar-refractivity contribution in [1.82, 2.24) is 0 Å². The number of aryl methyl sites for hydroxylation is 1. The van der Waals surface area contributed by atoms with Crippen LogP contribution >= 0.6 is 12.4 Å². The number of nitro benzene ring substituents is 5. The minimum absolute atomic E-state index is 0. The van der Waals surface area contributed by atoms with Crippen molar-refractivity contribution in [3.63, 3.8) is 0 Å². The normalized spacial score (nSPS) is 12.5. The molecule has 0 spiro atoms. The first kappa shape index (κ1) is 102. The van der Waals surface area contributed by atoms with Crippen molar-refractivity contribution in [1.29, 1.82) is 5.26 Å². The number of amides is 1. The summed E-state index contributed by atoms with van der Waals surface area (Å²) in [4.78, 5) is 94.6. The summed E-state index contributed by atoms with van der Waals surface area (Å²) in [6.45, 7) is 28.7. The Morgan fingerprint density at radius 3 is 1.34 bits per heavy atom. The first-order chi connectivity index (χ1) is 55.6. The predicted octanol–water partition coefficient (Wildman–Crippen LogP) is 10.9. The molecule has 0 aliphatic carbocycles. The number of hydrogen-bond donors (Lipinski definition) is 4. The number of nitrogens with two attached hydrogens (primary N) is 1. The van der Waals surface area contributed by atoms with E-state index in [1.807, 2.05) is 44.2 Å². The maximum absolute atomic E-state index is 12.2. The number of hydrogen-bond acceptors (Lipinski definition) is 26. The largest absolute Gasteiger partial charge is 1.00 e. The number of nitro groups is 5. The van der Waals surface area contributed by atoms with E-state index in [1.165, 1.54) is 73.7 Å². The molecule has 1 fully saturated rings. The molecule has 3 unspecified atom stereocenters. The standard InChI is InChI=1S/C20H16N4O4.C14H11N3O3.C13H11NO3.C12H10N2O3.C8H9NO2.C6H4FNO2.C6H7NO2.CH2O3.ClH.2K.H/c1-14-20(22-3)19(12-27-14)23(13-21-2)15-7-9-17(10-8-15)28-18-6-4-5-16(11-18)24(25)26;15-8-9-16-11-4-6-13(7-5-11)20-14-3-1-2-12(10-14)17(18)19;1-10-5-7-12(8-6-10)17-13-4-2-3-11(9-13)14(15)16;13-9-4-6-11(7-5-9)17-12-3-1-2-10(8-12)14(15)16;1-6(10)9-7-3-2-4-8(11)5-7;7-5-2-1-3-6(4-5)8(9)10;1-4-6(7-2)5(8)3-9-4;2-1-4-3;;;;/h4-11,14H,12-13H2,1H3;1-7,10,16H,9H2;2-9H,1H3;1-8H,13H2;2-5,11H,1H3,(H,9,10);1-4H;4,6H,3H2,1H3;1,3H;1H;;;/q;;;;;;;;;2*+1;-1/p-1. The van der Waals surface area contributed by atoms with Gasteiger partial charge >= 0.3 is 109 Å². The van der Waals surface area contributed by atoms with Gasteiger partial charge in [0.2, 0.25) is 17.4 Å². The van der Waals surface area contributed by atoms with Gasteiger partial charge in [0.25, 0.3) is 41.6 Å². The monoisotopic (exact) mass is 1700 g/mol. The molecule has 5 N–H and O–H groups in total. The molecule has 1 saturated heterocycles. The number of non-ortho nitro benzene ring substituents is 5. The van der Waals surface area contributed by atoms with Gasteiger partial charge in [-0.15, -0.1) is 12.4 Å². The number of nitrogen functional groups attached to an aromatic ring is 1. The fourth-order valence-electron chi connectivity index (χ4n) is 9.37. The Hall–Kier alpha value is -12.7. The van der Waals surface area contributed by atoms with Gasteiger partial charge in [-0.2, -0.15) is 5.26 Å². The van der Waals surface area contributed by atoms with Crippen LogP contribution in [-0.2, 0) is 28.7 Å². The minimum atomic E-state index is -0.636. The number of carbonyl (C=O) groups is 3. The van der Waals surface area contributed by atoms with Crippen molar-refractivity contribution in [3.05, 3.63) is 350 Å². The number of benzene rings is 10. The average molecular weight is 1700 g/mol. The number of ether oxygens (including phenoxy) is 6. The molecule has 0 saturated carbocycles. The number of rotatable bonds is 20. The number of halogens is 2. The number of aromatic hydroxyl groups is 1. The van der Waals surface area contributed by atoms with E-state index in [0.29, 0.717) is 68.8 Å². The summed E-state index contributed by atoms with van der Waals surface area (Å²) in [7, 11) is 0. The van der Waals surface area contributed by atoms with Crippen LogP contribution in [0.15, 0.2) is 254 Å². The molecule has 119 heavy (non-hydrogen) atoms. The van der Waals surface area contributed by atoms with Crippen molar-refractivity contribution in [2.45, 2.75) is 45.9 Å². The van der Waals surface area contributed by atoms with Gasteiger partial charge in [0.1, 0.15) is 76.8 Å². The van der Waals surface area contributed by atoms with Crippen LogP contribution in [0, 0.1) is 94.4 Å². The number of ketones is 1. The van der Waals surface area contributed by atoms with E-state index in [1.54, 1.807) is 151 Å². The molecule has 10 aromatic rings. The Kier molecular flexibility index (Phi) is 47.3. The smallest absolute Gasteiger partial charge is 1.00 e. The van der Waals surface area contributed by atoms with E-state index in [2.05, 4.69) is 30.1 Å². The molecule has 0 aromatic heterocycles. The molecule has 3 atom stereocenters. The fourth-order valence-corrected chi connectivity index (χ4v) is 9.37. The topological polar surface area (TPSA) is 465 Å². The number of anilines is 4. The molecular weight excluding hydrogens is 1630 g/mol. The van der Waals surface area contributed by atoms with Crippen LogP contribution < -0.4 is 148 Å². The third-order valence-electron chi connectivity index (χ3n) is 14.8. The Bertz CT molecular complexity index is 5140. The Morgan fingerprint density at radius 1 is 0.605 bits per heavy atom. The molecule has 1 amide bonds. The maximum atomic E-state index is 12.2. The van der Waals surface area contributed by atoms with Gasteiger partial charge in [0.05, 0.1) is 86.0 Å². The first-order valence-electron chi connectivity index (χ1n) is 33.5. The van der Waals surface area contributed by atoms with Crippen molar-refractivity contribution in [3.8, 4) is 57.8 Å². The van der Waals surface area contributed by atoms with Crippen molar-refractivity contribution < 1.29 is 191 Å². The van der Waals surface area contributed by atoms with Crippen LogP contribution in [0.25, 0.3) is 14.5 Å². The van der Waals surface area contributed by atoms with Gasteiger partial charge in [-0.05, 0) is 148 Å². The third-order valence-corrected chi connectivity index (χ3v) is 14.8. The van der Waals surface area contributed by atoms with E-state index < -0.39 is 36.5 Å². The van der Waals surface area contributed by atoms with Crippen molar-refractivity contribution in [2.24, 2.45) is 0 Å². The van der Waals surface area contributed by atoms with Gasteiger partial charge in [0.15, 0.2) is 0 Å². The van der Waals surface area contributed by atoms with E-state index in [0.717, 1.165) is 29.1 Å². The van der Waals surface area contributed by atoms with E-state index in [4.69, 9.17) is 74.3 Å². The number of phenols is 1. The molecule has 2 aliphatic rings. The zero-order valence-corrected chi connectivity index (χ0v) is 71.2.